The molecule has 0 unspecified atom stereocenters. The molecule has 11 heterocycles. The van der Waals surface area contributed by atoms with E-state index in [1.807, 2.05) is 122 Å². The van der Waals surface area contributed by atoms with Crippen molar-refractivity contribution in [1.29, 1.82) is 0 Å². The highest BCUT2D eigenvalue weighted by atomic mass is 16.4. The maximum Gasteiger partial charge on any atom is 0.320 e. The summed E-state index contributed by atoms with van der Waals surface area (Å²) in [5.74, 6) is -1.67. The van der Waals surface area contributed by atoms with Crippen molar-refractivity contribution < 1.29 is 39.6 Å². The van der Waals surface area contributed by atoms with Crippen LogP contribution in [-0.4, -0.2) is 210 Å². The topological polar surface area (TPSA) is 420 Å². The molecule has 608 valence electrons. The van der Waals surface area contributed by atoms with Crippen LogP contribution in [-0.2, 0) is 19.2 Å². The molecular weight excluding hydrogens is 1480 g/mol. The van der Waals surface area contributed by atoms with Crippen LogP contribution in [0, 0.1) is 52.4 Å². The summed E-state index contributed by atoms with van der Waals surface area (Å²) < 4.78 is 0. The molecule has 3 saturated heterocycles. The summed E-state index contributed by atoms with van der Waals surface area (Å²) in [5, 5.41) is 41.7. The number of aliphatic carboxylic acids is 4. The average molecular weight is 1580 g/mol. The Balaban J connectivity index is 0.000000135. The first-order chi connectivity index (χ1) is 55.4. The molecule has 1 saturated carbocycles. The number of aromatic nitrogens is 8. The van der Waals surface area contributed by atoms with Crippen molar-refractivity contribution in [1.82, 2.24) is 59.9 Å². The maximum atomic E-state index is 12.6. The Hall–Kier alpha value is -12.2. The van der Waals surface area contributed by atoms with Crippen molar-refractivity contribution in [3.63, 3.8) is 0 Å². The average Bonchev–Trinajstić information content (AvgIpc) is 0.834. The lowest BCUT2D eigenvalue weighted by molar-refractivity contribution is -0.145. The number of fused-ring (bicyclic) bond motifs is 8. The van der Waals surface area contributed by atoms with Gasteiger partial charge in [0.2, 0.25) is 0 Å². The largest absolute Gasteiger partial charge is 0.481 e. The summed E-state index contributed by atoms with van der Waals surface area (Å²) in [7, 11) is 3.99. The fourth-order valence-electron chi connectivity index (χ4n) is 16.3. The lowest BCUT2D eigenvalue weighted by Crippen LogP contribution is -2.49. The number of rotatable bonds is 18. The molecule has 9 N–H and O–H groups in total. The molecule has 8 aromatic rings. The molecule has 3 atom stereocenters. The van der Waals surface area contributed by atoms with E-state index in [2.05, 4.69) is 118 Å². The zero-order valence-corrected chi connectivity index (χ0v) is 66.5. The highest BCUT2D eigenvalue weighted by Gasteiger charge is 2.35. The van der Waals surface area contributed by atoms with Gasteiger partial charge in [-0.3, -0.25) is 43.3 Å². The fourth-order valence-corrected chi connectivity index (χ4v) is 16.3. The third kappa shape index (κ3) is 18.0. The number of carboxylic acid groups (broad SMARTS) is 4. The number of H-pyrrole nitrogens is 4. The third-order valence-electron chi connectivity index (χ3n) is 22.9. The smallest absolute Gasteiger partial charge is 0.320 e. The van der Waals surface area contributed by atoms with Gasteiger partial charge in [0.05, 0.1) is 63.3 Å². The molecule has 4 aromatic heterocycles. The quantitative estimate of drug-likeness (QED) is 0.0595. The van der Waals surface area contributed by atoms with Crippen LogP contribution in [0.4, 0.5) is 74.5 Å². The first kappa shape index (κ1) is 81.8. The van der Waals surface area contributed by atoms with Crippen LogP contribution in [0.15, 0.2) is 99.8 Å². The SMILES string of the molecule is C=c1nc2c(c(=O)[nH]1)=Nc1cc(C)c(C)cc1N2CCN1CCCC[C@H]1C(=O)O.C=c1nc2c(c(=O)[nH]1)=Nc1cc(C)c(C)cc1N2CCN[C@@H]1CC[C@H](C(=O)O)C1.C=c1nc2c(c(=O)[nH]1)=Nc1cc(C)c(N(C)C)cc1N2CCN1CCC(C(=O)O)CC1.C=c1nc2c(c(=O)[nH]1)=Nc1ccccc1N2CCN1CCC(C(=O)O)CC1. The third-order valence-corrected chi connectivity index (χ3v) is 22.9. The number of carboxylic acids is 4. The minimum atomic E-state index is -0.778. The normalized spacial score (nSPS) is 18.1. The van der Waals surface area contributed by atoms with Gasteiger partial charge in [0.25, 0.3) is 22.2 Å². The second-order valence-corrected chi connectivity index (χ2v) is 30.9. The van der Waals surface area contributed by atoms with Crippen LogP contribution < -0.4 is 95.4 Å². The summed E-state index contributed by atoms with van der Waals surface area (Å²) in [6.45, 7) is 34.0. The van der Waals surface area contributed by atoms with Gasteiger partial charge in [0.15, 0.2) is 44.7 Å². The number of para-hydroxylation sites is 2. The van der Waals surface area contributed by atoms with Gasteiger partial charge in [-0.2, -0.15) is 0 Å². The molecule has 0 spiro atoms. The van der Waals surface area contributed by atoms with E-state index in [4.69, 9.17) is 5.11 Å². The van der Waals surface area contributed by atoms with Crippen molar-refractivity contribution in [2.24, 2.45) is 37.7 Å². The van der Waals surface area contributed by atoms with Crippen LogP contribution in [0.25, 0.3) is 26.3 Å². The molecule has 0 amide bonds. The molecule has 1 aliphatic carbocycles. The number of aryl methyl sites for hydroxylation is 5. The second-order valence-electron chi connectivity index (χ2n) is 30.9. The van der Waals surface area contributed by atoms with Gasteiger partial charge in [0.1, 0.15) is 28.0 Å². The molecule has 33 heteroatoms. The highest BCUT2D eigenvalue weighted by Crippen LogP contribution is 2.42. The van der Waals surface area contributed by atoms with Gasteiger partial charge in [-0.25, -0.2) is 39.9 Å². The zero-order valence-electron chi connectivity index (χ0n) is 66.5. The number of benzene rings is 4. The number of carbonyl (C=O) groups is 4. The molecule has 4 aromatic carbocycles. The van der Waals surface area contributed by atoms with E-state index in [0.29, 0.717) is 140 Å². The van der Waals surface area contributed by atoms with E-state index in [0.717, 1.165) is 144 Å². The predicted molar refractivity (Wildman–Crippen MR) is 442 cm³/mol. The summed E-state index contributed by atoms with van der Waals surface area (Å²) in [4.78, 5) is 158. The number of nitrogens with one attached hydrogen (secondary N) is 5. The van der Waals surface area contributed by atoms with Gasteiger partial charge < -0.3 is 80.0 Å². The Kier molecular flexibility index (Phi) is 24.6. The maximum absolute atomic E-state index is 12.6. The summed E-state index contributed by atoms with van der Waals surface area (Å²) in [5.41, 5.74) is 13.1. The van der Waals surface area contributed by atoms with Crippen LogP contribution >= 0.6 is 0 Å². The molecule has 8 aliphatic rings. The van der Waals surface area contributed by atoms with Crippen molar-refractivity contribution in [3.05, 3.63) is 173 Å². The van der Waals surface area contributed by atoms with E-state index in [9.17, 15) is 53.7 Å². The Morgan fingerprint density at radius 1 is 0.431 bits per heavy atom. The first-order valence-electron chi connectivity index (χ1n) is 39.2. The number of anilines is 9. The Morgan fingerprint density at radius 2 is 0.819 bits per heavy atom. The fraction of sp³-hybridized carbons (Fsp3) is 0.422. The van der Waals surface area contributed by atoms with E-state index >= 15 is 0 Å². The second kappa shape index (κ2) is 34.9. The van der Waals surface area contributed by atoms with E-state index in [1.54, 1.807) is 0 Å². The van der Waals surface area contributed by atoms with Crippen LogP contribution in [0.3, 0.4) is 0 Å². The molecule has 116 heavy (non-hydrogen) atoms. The molecule has 16 rings (SSSR count). The molecule has 0 radical (unpaired) electrons. The van der Waals surface area contributed by atoms with Crippen molar-refractivity contribution in [3.8, 4) is 0 Å². The number of piperidine rings is 3. The molecular formula is C83H99N21O12. The van der Waals surface area contributed by atoms with Crippen LogP contribution in [0.1, 0.15) is 92.0 Å². The lowest BCUT2D eigenvalue weighted by atomic mass is 9.97. The molecule has 0 bridgehead atoms. The predicted octanol–water partition coefficient (Wildman–Crippen LogP) is 3.32. The van der Waals surface area contributed by atoms with Crippen molar-refractivity contribution in [2.75, 3.05) is 124 Å². The van der Waals surface area contributed by atoms with Crippen molar-refractivity contribution >= 4 is 125 Å². The van der Waals surface area contributed by atoms with E-state index in [1.165, 1.54) is 0 Å². The summed E-state index contributed by atoms with van der Waals surface area (Å²) >= 11 is 0. The van der Waals surface area contributed by atoms with Crippen LogP contribution in [0.5, 0.6) is 0 Å². The number of hydrogen-bond acceptors (Lipinski definition) is 25. The van der Waals surface area contributed by atoms with Crippen molar-refractivity contribution in [2.45, 2.75) is 111 Å². The zero-order chi connectivity index (χ0) is 82.7. The minimum absolute atomic E-state index is 0.194. The summed E-state index contributed by atoms with van der Waals surface area (Å²) in [6, 6.07) is 19.5. The highest BCUT2D eigenvalue weighted by molar-refractivity contribution is 5.82. The number of hydrogen-bond donors (Lipinski definition) is 9. The van der Waals surface area contributed by atoms with Gasteiger partial charge in [0, 0.05) is 78.2 Å². The number of nitrogens with zero attached hydrogens (tertiary/aromatic N) is 16. The summed E-state index contributed by atoms with van der Waals surface area (Å²) in [6.07, 6.45) is 7.45. The van der Waals surface area contributed by atoms with Gasteiger partial charge in [-0.05, 0) is 201 Å². The van der Waals surface area contributed by atoms with Gasteiger partial charge in [-0.1, -0.05) is 44.9 Å². The number of likely N-dealkylation sites (tertiary alicyclic amines) is 3. The lowest BCUT2D eigenvalue weighted by Gasteiger charge is -2.35. The van der Waals surface area contributed by atoms with Gasteiger partial charge >= 0.3 is 23.9 Å². The number of aromatic amines is 4. The Bertz CT molecular complexity index is 5940. The van der Waals surface area contributed by atoms with Gasteiger partial charge in [-0.15, -0.1) is 0 Å². The van der Waals surface area contributed by atoms with E-state index in [-0.39, 0.29) is 56.9 Å². The molecule has 4 fully saturated rings. The Labute approximate surface area is 666 Å². The van der Waals surface area contributed by atoms with E-state index < -0.39 is 29.9 Å². The minimum Gasteiger partial charge on any atom is -0.481 e. The monoisotopic (exact) mass is 1580 g/mol. The molecule has 7 aliphatic heterocycles. The van der Waals surface area contributed by atoms with Crippen LogP contribution in [0.2, 0.25) is 0 Å². The Morgan fingerprint density at radius 3 is 1.24 bits per heavy atom. The standard InChI is InChI=1S/C22H28N6O3.2C21H25N5O3.C19H21N5O3/c1-13-11-16-18(12-17(13)26(3)4)28(20-19(25-16)21(29)24-14(2)23-20)10-9-27-7-5-15(6-8-27)22(30)31;1-11-8-16-17(9-12(11)2)26(19-18(25-16)20(27)24-13(3)23-19)7-6-22-15-5-4-14(10-15)21(28)29;1-12-10-15-17(11-13(12)2)26(19-18(24-15)20(27)23-14(3)22-19)9-8-25-7-5-4-6-16(25)21(28)29;1-12-20-17-16(18(25)21-12)22-14-4-2-3-5-15(14)24(17)11-10-23-8-6-13(7-9-23)19(26)27/h11-12,15H,2,5-10H2,1,3-4H3,(H,24,29)(H,30,31);8-9,14-15,22H,3-7,10H2,1-2H3,(H,24,27)(H,28,29);10-11,16H,3-9H2,1-2H3,(H,23,27)(H,28,29);2-5,13H,1,6-11H2,(H,21,25)(H,26,27)/t;14-,15+;16-;/m.00./s1. The molecule has 33 nitrogen and oxygen atoms in total. The first-order valence-corrected chi connectivity index (χ1v) is 39.2.